The maximum Gasteiger partial charge on any atom is 0.235 e. The van der Waals surface area contributed by atoms with E-state index in [0.29, 0.717) is 0 Å². The van der Waals surface area contributed by atoms with Crippen molar-refractivity contribution >= 4 is 29.0 Å². The number of likely N-dealkylation sites (tertiary alicyclic amines) is 1. The van der Waals surface area contributed by atoms with Gasteiger partial charge in [-0.3, -0.25) is 4.79 Å². The largest absolute Gasteiger partial charge is 0.342 e. The molecule has 29 heavy (non-hydrogen) atoms. The summed E-state index contributed by atoms with van der Waals surface area (Å²) < 4.78 is 2.20. The van der Waals surface area contributed by atoms with Gasteiger partial charge in [-0.05, 0) is 43.2 Å². The predicted molar refractivity (Wildman–Crippen MR) is 118 cm³/mol. The third-order valence-electron chi connectivity index (χ3n) is 5.22. The summed E-state index contributed by atoms with van der Waals surface area (Å²) in [6, 6.07) is 14.7. The highest BCUT2D eigenvalue weighted by Crippen LogP contribution is 2.26. The maximum atomic E-state index is 12.8. The minimum absolute atomic E-state index is 0.151. The zero-order chi connectivity index (χ0) is 20.1. The molecule has 0 spiro atoms. The SMILES string of the molecule is CC(Sc1nnc(Cc2cccs2)n1CCc1ccccc1)C(=O)N1CCCC1. The molecule has 152 valence electrons. The second-order valence-electron chi connectivity index (χ2n) is 7.33. The smallest absolute Gasteiger partial charge is 0.235 e. The second kappa shape index (κ2) is 9.59. The monoisotopic (exact) mass is 426 g/mol. The Kier molecular flexibility index (Phi) is 6.67. The van der Waals surface area contributed by atoms with E-state index in [4.69, 9.17) is 0 Å². The molecular formula is C22H26N4OS2. The van der Waals surface area contributed by atoms with Gasteiger partial charge in [0.25, 0.3) is 0 Å². The zero-order valence-electron chi connectivity index (χ0n) is 16.7. The Morgan fingerprint density at radius 2 is 1.93 bits per heavy atom. The van der Waals surface area contributed by atoms with Gasteiger partial charge in [-0.15, -0.1) is 21.5 Å². The van der Waals surface area contributed by atoms with E-state index >= 15 is 0 Å². The number of amides is 1. The summed E-state index contributed by atoms with van der Waals surface area (Å²) in [5.74, 6) is 1.18. The van der Waals surface area contributed by atoms with Gasteiger partial charge in [-0.2, -0.15) is 0 Å². The number of hydrogen-bond acceptors (Lipinski definition) is 5. The molecule has 1 aliphatic heterocycles. The average molecular weight is 427 g/mol. The standard InChI is InChI=1S/C22H26N4OS2/c1-17(21(27)25-12-5-6-13-25)29-22-24-23-20(16-19-10-7-15-28-19)26(22)14-11-18-8-3-2-4-9-18/h2-4,7-10,15,17H,5-6,11-14,16H2,1H3. The Labute approximate surface area is 180 Å². The number of rotatable bonds is 8. The quantitative estimate of drug-likeness (QED) is 0.505. The van der Waals surface area contributed by atoms with Crippen molar-refractivity contribution in [1.29, 1.82) is 0 Å². The molecule has 1 aromatic carbocycles. The molecule has 1 saturated heterocycles. The van der Waals surface area contributed by atoms with Gasteiger partial charge in [0, 0.05) is 30.9 Å². The molecule has 4 rings (SSSR count). The lowest BCUT2D eigenvalue weighted by molar-refractivity contribution is -0.129. The van der Waals surface area contributed by atoms with Gasteiger partial charge in [0.05, 0.1) is 5.25 Å². The number of carbonyl (C=O) groups excluding carboxylic acids is 1. The molecule has 2 aromatic heterocycles. The molecule has 3 aromatic rings. The molecule has 0 saturated carbocycles. The molecule has 1 fully saturated rings. The first-order valence-electron chi connectivity index (χ1n) is 10.1. The van der Waals surface area contributed by atoms with Crippen molar-refractivity contribution in [3.8, 4) is 0 Å². The van der Waals surface area contributed by atoms with Crippen LogP contribution in [0.25, 0.3) is 0 Å². The van der Waals surface area contributed by atoms with E-state index < -0.39 is 0 Å². The van der Waals surface area contributed by atoms with Crippen molar-refractivity contribution in [3.63, 3.8) is 0 Å². The van der Waals surface area contributed by atoms with Crippen LogP contribution in [0.2, 0.25) is 0 Å². The molecule has 3 heterocycles. The molecule has 5 nitrogen and oxygen atoms in total. The van der Waals surface area contributed by atoms with E-state index in [1.165, 1.54) is 22.2 Å². The van der Waals surface area contributed by atoms with E-state index in [-0.39, 0.29) is 11.2 Å². The molecule has 0 aliphatic carbocycles. The number of nitrogens with zero attached hydrogens (tertiary/aromatic N) is 4. The first kappa shape index (κ1) is 20.2. The van der Waals surface area contributed by atoms with Crippen LogP contribution >= 0.6 is 23.1 Å². The van der Waals surface area contributed by atoms with Crippen LogP contribution in [0.15, 0.2) is 53.0 Å². The van der Waals surface area contributed by atoms with Crippen molar-refractivity contribution in [2.75, 3.05) is 13.1 Å². The normalized spacial score (nSPS) is 15.0. The Morgan fingerprint density at radius 1 is 1.14 bits per heavy atom. The predicted octanol–water partition coefficient (Wildman–Crippen LogP) is 4.28. The number of thiophene rings is 1. The van der Waals surface area contributed by atoms with Crippen LogP contribution in [0.4, 0.5) is 0 Å². The summed E-state index contributed by atoms with van der Waals surface area (Å²) in [6.07, 6.45) is 3.91. The lowest BCUT2D eigenvalue weighted by Crippen LogP contribution is -2.34. The zero-order valence-corrected chi connectivity index (χ0v) is 18.3. The minimum atomic E-state index is -0.151. The van der Waals surface area contributed by atoms with Crippen molar-refractivity contribution in [3.05, 3.63) is 64.1 Å². The molecular weight excluding hydrogens is 400 g/mol. The number of aryl methyl sites for hydroxylation is 1. The topological polar surface area (TPSA) is 51.0 Å². The molecule has 0 bridgehead atoms. The van der Waals surface area contributed by atoms with Crippen LogP contribution in [0.1, 0.15) is 36.0 Å². The number of carbonyl (C=O) groups is 1. The van der Waals surface area contributed by atoms with Crippen molar-refractivity contribution < 1.29 is 4.79 Å². The number of thioether (sulfide) groups is 1. The van der Waals surface area contributed by atoms with Gasteiger partial charge in [0.2, 0.25) is 5.91 Å². The van der Waals surface area contributed by atoms with Crippen LogP contribution < -0.4 is 0 Å². The first-order valence-corrected chi connectivity index (χ1v) is 11.9. The fourth-order valence-electron chi connectivity index (χ4n) is 3.62. The molecule has 7 heteroatoms. The summed E-state index contributed by atoms with van der Waals surface area (Å²) in [6.45, 7) is 4.56. The van der Waals surface area contributed by atoms with Gasteiger partial charge in [0.1, 0.15) is 5.82 Å². The first-order chi connectivity index (χ1) is 14.2. The van der Waals surface area contributed by atoms with E-state index in [9.17, 15) is 4.79 Å². The van der Waals surface area contributed by atoms with Crippen molar-refractivity contribution in [2.45, 2.75) is 49.6 Å². The van der Waals surface area contributed by atoms with Crippen LogP contribution in [0.5, 0.6) is 0 Å². The highest BCUT2D eigenvalue weighted by molar-refractivity contribution is 8.00. The average Bonchev–Trinajstić information content (AvgIpc) is 3.50. The minimum Gasteiger partial charge on any atom is -0.342 e. The van der Waals surface area contributed by atoms with Gasteiger partial charge in [0.15, 0.2) is 5.16 Å². The van der Waals surface area contributed by atoms with Crippen molar-refractivity contribution in [2.24, 2.45) is 0 Å². The Bertz CT molecular complexity index is 918. The Morgan fingerprint density at radius 3 is 2.66 bits per heavy atom. The van der Waals surface area contributed by atoms with Crippen LogP contribution in [-0.4, -0.2) is 43.9 Å². The van der Waals surface area contributed by atoms with E-state index in [0.717, 1.165) is 56.3 Å². The van der Waals surface area contributed by atoms with E-state index in [1.54, 1.807) is 11.3 Å². The summed E-state index contributed by atoms with van der Waals surface area (Å²) in [7, 11) is 0. The summed E-state index contributed by atoms with van der Waals surface area (Å²) in [5, 5.41) is 11.7. The second-order valence-corrected chi connectivity index (χ2v) is 9.67. The third kappa shape index (κ3) is 5.08. The van der Waals surface area contributed by atoms with Gasteiger partial charge in [-0.25, -0.2) is 0 Å². The molecule has 0 N–H and O–H groups in total. The molecule has 1 amide bonds. The summed E-state index contributed by atoms with van der Waals surface area (Å²) in [5.41, 5.74) is 1.29. The molecule has 1 aliphatic rings. The highest BCUT2D eigenvalue weighted by Gasteiger charge is 2.26. The lowest BCUT2D eigenvalue weighted by atomic mass is 10.1. The van der Waals surface area contributed by atoms with E-state index in [2.05, 4.69) is 56.5 Å². The third-order valence-corrected chi connectivity index (χ3v) is 7.16. The summed E-state index contributed by atoms with van der Waals surface area (Å²) in [4.78, 5) is 16.0. The van der Waals surface area contributed by atoms with Crippen LogP contribution in [0.3, 0.4) is 0 Å². The number of benzene rings is 1. The molecule has 0 radical (unpaired) electrons. The molecule has 1 atom stereocenters. The van der Waals surface area contributed by atoms with E-state index in [1.807, 2.05) is 17.9 Å². The van der Waals surface area contributed by atoms with Gasteiger partial charge >= 0.3 is 0 Å². The molecule has 1 unspecified atom stereocenters. The summed E-state index contributed by atoms with van der Waals surface area (Å²) >= 11 is 3.27. The van der Waals surface area contributed by atoms with Crippen LogP contribution in [-0.2, 0) is 24.2 Å². The van der Waals surface area contributed by atoms with Gasteiger partial charge < -0.3 is 9.47 Å². The van der Waals surface area contributed by atoms with Gasteiger partial charge in [-0.1, -0.05) is 48.2 Å². The number of hydrogen-bond donors (Lipinski definition) is 0. The van der Waals surface area contributed by atoms with Crippen LogP contribution in [0, 0.1) is 0 Å². The maximum absolute atomic E-state index is 12.8. The fourth-order valence-corrected chi connectivity index (χ4v) is 5.30. The number of aromatic nitrogens is 3. The Hall–Kier alpha value is -2.12. The lowest BCUT2D eigenvalue weighted by Gasteiger charge is -2.20. The Balaban J connectivity index is 1.51. The highest BCUT2D eigenvalue weighted by atomic mass is 32.2. The fraction of sp³-hybridized carbons (Fsp3) is 0.409. The van der Waals surface area contributed by atoms with Crippen molar-refractivity contribution in [1.82, 2.24) is 19.7 Å².